The van der Waals surface area contributed by atoms with Crippen LogP contribution in [0.5, 0.6) is 0 Å². The molecule has 1 aromatic heterocycles. The number of nitrogens with zero attached hydrogens (tertiary/aromatic N) is 1. The first-order valence-electron chi connectivity index (χ1n) is 6.41. The van der Waals surface area contributed by atoms with Gasteiger partial charge in [-0.2, -0.15) is 0 Å². The molecule has 110 valence electrons. The zero-order valence-electron chi connectivity index (χ0n) is 11.2. The van der Waals surface area contributed by atoms with Crippen LogP contribution in [0.15, 0.2) is 59.1 Å². The van der Waals surface area contributed by atoms with Gasteiger partial charge >= 0.3 is 0 Å². The summed E-state index contributed by atoms with van der Waals surface area (Å²) in [6.45, 7) is 0. The van der Waals surface area contributed by atoms with E-state index in [2.05, 4.69) is 10.5 Å². The third-order valence-electron chi connectivity index (χ3n) is 2.92. The molecule has 6 heteroatoms. The fourth-order valence-electron chi connectivity index (χ4n) is 1.94. The highest BCUT2D eigenvalue weighted by atomic mass is 35.5. The molecule has 0 atom stereocenters. The van der Waals surface area contributed by atoms with Crippen molar-refractivity contribution in [3.05, 3.63) is 70.3 Å². The summed E-state index contributed by atoms with van der Waals surface area (Å²) in [6, 6.07) is 15.8. The van der Waals surface area contributed by atoms with Crippen molar-refractivity contribution in [3.63, 3.8) is 0 Å². The molecular formula is C16H10Cl2N2O2. The van der Waals surface area contributed by atoms with Crippen LogP contribution < -0.4 is 5.32 Å². The summed E-state index contributed by atoms with van der Waals surface area (Å²) in [4.78, 5) is 12.2. The Kier molecular flexibility index (Phi) is 4.13. The largest absolute Gasteiger partial charge is 0.355 e. The average Bonchev–Trinajstić information content (AvgIpc) is 2.97. The molecule has 1 heterocycles. The Morgan fingerprint density at radius 2 is 1.68 bits per heavy atom. The van der Waals surface area contributed by atoms with Crippen LogP contribution in [0, 0.1) is 0 Å². The number of halogens is 2. The second-order valence-electron chi connectivity index (χ2n) is 4.55. The van der Waals surface area contributed by atoms with Crippen LogP contribution in [0.25, 0.3) is 11.3 Å². The van der Waals surface area contributed by atoms with E-state index in [4.69, 9.17) is 27.7 Å². The highest BCUT2D eigenvalue weighted by molar-refractivity contribution is 6.35. The van der Waals surface area contributed by atoms with Gasteiger partial charge in [0.05, 0.1) is 0 Å². The maximum atomic E-state index is 12.2. The van der Waals surface area contributed by atoms with Crippen LogP contribution in [-0.2, 0) is 0 Å². The third-order valence-corrected chi connectivity index (χ3v) is 3.36. The summed E-state index contributed by atoms with van der Waals surface area (Å²) < 4.78 is 5.19. The summed E-state index contributed by atoms with van der Waals surface area (Å²) >= 11 is 11.8. The van der Waals surface area contributed by atoms with Crippen molar-refractivity contribution in [2.24, 2.45) is 0 Å². The molecule has 4 nitrogen and oxygen atoms in total. The first-order valence-corrected chi connectivity index (χ1v) is 7.17. The van der Waals surface area contributed by atoms with E-state index < -0.39 is 5.91 Å². The number of carbonyl (C=O) groups excluding carboxylic acids is 1. The van der Waals surface area contributed by atoms with Gasteiger partial charge in [0, 0.05) is 27.4 Å². The van der Waals surface area contributed by atoms with E-state index in [1.807, 2.05) is 30.3 Å². The second-order valence-corrected chi connectivity index (χ2v) is 5.43. The first kappa shape index (κ1) is 14.6. The molecule has 1 amide bonds. The molecule has 0 aliphatic heterocycles. The minimum Gasteiger partial charge on any atom is -0.355 e. The Balaban J connectivity index is 1.80. The predicted molar refractivity (Wildman–Crippen MR) is 86.4 cm³/mol. The van der Waals surface area contributed by atoms with E-state index in [-0.39, 0.29) is 5.69 Å². The zero-order chi connectivity index (χ0) is 15.5. The van der Waals surface area contributed by atoms with Gasteiger partial charge in [-0.25, -0.2) is 0 Å². The molecule has 0 fully saturated rings. The normalized spacial score (nSPS) is 10.5. The van der Waals surface area contributed by atoms with Crippen molar-refractivity contribution in [3.8, 4) is 11.3 Å². The first-order chi connectivity index (χ1) is 10.6. The van der Waals surface area contributed by atoms with E-state index in [9.17, 15) is 4.79 Å². The quantitative estimate of drug-likeness (QED) is 0.742. The second kappa shape index (κ2) is 6.22. The standard InChI is InChI=1S/C16H10Cl2N2O2/c17-11-6-12(18)8-13(7-11)19-16(21)14-9-15(22-20-14)10-4-2-1-3-5-10/h1-9H,(H,19,21). The van der Waals surface area contributed by atoms with E-state index in [0.717, 1.165) is 5.56 Å². The van der Waals surface area contributed by atoms with E-state index >= 15 is 0 Å². The average molecular weight is 333 g/mol. The van der Waals surface area contributed by atoms with Crippen LogP contribution in [0.1, 0.15) is 10.5 Å². The van der Waals surface area contributed by atoms with Gasteiger partial charge < -0.3 is 9.84 Å². The van der Waals surface area contributed by atoms with E-state index in [1.54, 1.807) is 24.3 Å². The number of aromatic nitrogens is 1. The van der Waals surface area contributed by atoms with Gasteiger partial charge in [-0.05, 0) is 18.2 Å². The molecule has 0 bridgehead atoms. The van der Waals surface area contributed by atoms with Crippen LogP contribution in [-0.4, -0.2) is 11.1 Å². The van der Waals surface area contributed by atoms with Crippen molar-refractivity contribution < 1.29 is 9.32 Å². The lowest BCUT2D eigenvalue weighted by Crippen LogP contribution is -2.12. The lowest BCUT2D eigenvalue weighted by molar-refractivity contribution is 0.101. The number of hydrogen-bond acceptors (Lipinski definition) is 3. The van der Waals surface area contributed by atoms with Crippen molar-refractivity contribution >= 4 is 34.8 Å². The van der Waals surface area contributed by atoms with Crippen molar-refractivity contribution in [1.29, 1.82) is 0 Å². The molecule has 1 N–H and O–H groups in total. The Morgan fingerprint density at radius 1 is 1.00 bits per heavy atom. The Hall–Kier alpha value is -2.30. The van der Waals surface area contributed by atoms with Crippen LogP contribution in [0.4, 0.5) is 5.69 Å². The lowest BCUT2D eigenvalue weighted by Gasteiger charge is -2.03. The topological polar surface area (TPSA) is 55.1 Å². The fraction of sp³-hybridized carbons (Fsp3) is 0. The van der Waals surface area contributed by atoms with Crippen molar-refractivity contribution in [2.45, 2.75) is 0 Å². The number of hydrogen-bond donors (Lipinski definition) is 1. The summed E-state index contributed by atoms with van der Waals surface area (Å²) in [5.41, 5.74) is 1.52. The lowest BCUT2D eigenvalue weighted by atomic mass is 10.1. The number of amides is 1. The smallest absolute Gasteiger partial charge is 0.277 e. The number of rotatable bonds is 3. The van der Waals surface area contributed by atoms with Crippen molar-refractivity contribution in [2.75, 3.05) is 5.32 Å². The number of nitrogens with one attached hydrogen (secondary N) is 1. The molecule has 22 heavy (non-hydrogen) atoms. The van der Waals surface area contributed by atoms with Gasteiger partial charge in [-0.15, -0.1) is 0 Å². The number of carbonyl (C=O) groups is 1. The van der Waals surface area contributed by atoms with Crippen LogP contribution >= 0.6 is 23.2 Å². The predicted octanol–water partition coefficient (Wildman–Crippen LogP) is 4.90. The van der Waals surface area contributed by atoms with Gasteiger partial charge in [-0.1, -0.05) is 58.7 Å². The maximum Gasteiger partial charge on any atom is 0.277 e. The van der Waals surface area contributed by atoms with Crippen LogP contribution in [0.2, 0.25) is 10.0 Å². The fourth-order valence-corrected chi connectivity index (χ4v) is 2.47. The molecule has 3 aromatic rings. The van der Waals surface area contributed by atoms with E-state index in [1.165, 1.54) is 0 Å². The summed E-state index contributed by atoms with van der Waals surface area (Å²) in [5, 5.41) is 7.33. The van der Waals surface area contributed by atoms with Crippen molar-refractivity contribution in [1.82, 2.24) is 5.16 Å². The maximum absolute atomic E-state index is 12.2. The molecule has 3 rings (SSSR count). The van der Waals surface area contributed by atoms with Gasteiger partial charge in [-0.3, -0.25) is 4.79 Å². The Bertz CT molecular complexity index is 796. The highest BCUT2D eigenvalue weighted by Crippen LogP contribution is 2.24. The SMILES string of the molecule is O=C(Nc1cc(Cl)cc(Cl)c1)c1cc(-c2ccccc2)on1. The highest BCUT2D eigenvalue weighted by Gasteiger charge is 2.14. The van der Waals surface area contributed by atoms with E-state index in [0.29, 0.717) is 21.5 Å². The zero-order valence-corrected chi connectivity index (χ0v) is 12.7. The molecule has 0 saturated heterocycles. The Morgan fingerprint density at radius 3 is 2.36 bits per heavy atom. The Labute approximate surface area is 136 Å². The minimum absolute atomic E-state index is 0.176. The summed E-state index contributed by atoms with van der Waals surface area (Å²) in [5.74, 6) is 0.124. The molecule has 0 aliphatic carbocycles. The number of anilines is 1. The molecule has 0 radical (unpaired) electrons. The van der Waals surface area contributed by atoms with Gasteiger partial charge in [0.15, 0.2) is 11.5 Å². The molecule has 0 spiro atoms. The van der Waals surface area contributed by atoms with Gasteiger partial charge in [0.25, 0.3) is 5.91 Å². The molecular weight excluding hydrogens is 323 g/mol. The molecule has 2 aromatic carbocycles. The third kappa shape index (κ3) is 3.30. The molecule has 0 aliphatic rings. The van der Waals surface area contributed by atoms with Gasteiger partial charge in [0.2, 0.25) is 0 Å². The molecule has 0 unspecified atom stereocenters. The summed E-state index contributed by atoms with van der Waals surface area (Å²) in [7, 11) is 0. The summed E-state index contributed by atoms with van der Waals surface area (Å²) in [6.07, 6.45) is 0. The van der Waals surface area contributed by atoms with Gasteiger partial charge in [0.1, 0.15) is 0 Å². The molecule has 0 saturated carbocycles. The van der Waals surface area contributed by atoms with Crippen LogP contribution in [0.3, 0.4) is 0 Å². The number of benzene rings is 2. The minimum atomic E-state index is -0.399. The monoisotopic (exact) mass is 332 g/mol.